The largest absolute Gasteiger partial charge is 0.340 e. The number of benzene rings is 1. The first-order chi connectivity index (χ1) is 10.5. The highest BCUT2D eigenvalue weighted by Crippen LogP contribution is 2.25. The fourth-order valence-corrected chi connectivity index (χ4v) is 2.78. The number of amides is 2. The number of rotatable bonds is 4. The van der Waals surface area contributed by atoms with E-state index in [-0.39, 0.29) is 11.8 Å². The summed E-state index contributed by atoms with van der Waals surface area (Å²) in [7, 11) is 2.05. The molecule has 1 fully saturated rings. The number of anilines is 1. The number of likely N-dealkylation sites (N-methyl/N-ethyl adjacent to an activating group) is 1. The third kappa shape index (κ3) is 4.21. The van der Waals surface area contributed by atoms with Crippen molar-refractivity contribution < 1.29 is 9.59 Å². The molecule has 2 rings (SSSR count). The lowest BCUT2D eigenvalue weighted by Gasteiger charge is -2.33. The molecule has 1 heterocycles. The minimum atomic E-state index is -0.112. The van der Waals surface area contributed by atoms with Crippen LogP contribution in [0.1, 0.15) is 13.3 Å². The number of nitrogens with zero attached hydrogens (tertiary/aromatic N) is 3. The lowest BCUT2D eigenvalue weighted by atomic mass is 10.2. The van der Waals surface area contributed by atoms with Gasteiger partial charge in [0.05, 0.1) is 10.7 Å². The van der Waals surface area contributed by atoms with Gasteiger partial charge in [0.2, 0.25) is 11.8 Å². The van der Waals surface area contributed by atoms with E-state index in [0.29, 0.717) is 23.7 Å². The van der Waals surface area contributed by atoms with Crippen molar-refractivity contribution in [3.05, 3.63) is 29.3 Å². The first kappa shape index (κ1) is 16.8. The predicted octanol–water partition coefficient (Wildman–Crippen LogP) is 1.86. The van der Waals surface area contributed by atoms with Gasteiger partial charge in [0.25, 0.3) is 0 Å². The van der Waals surface area contributed by atoms with Crippen molar-refractivity contribution in [2.24, 2.45) is 0 Å². The van der Waals surface area contributed by atoms with E-state index in [1.807, 2.05) is 17.0 Å². The first-order valence-corrected chi connectivity index (χ1v) is 7.86. The monoisotopic (exact) mass is 323 g/mol. The second-order valence-electron chi connectivity index (χ2n) is 5.56. The Bertz CT molecular complexity index is 542. The van der Waals surface area contributed by atoms with E-state index >= 15 is 0 Å². The van der Waals surface area contributed by atoms with Crippen molar-refractivity contribution in [2.45, 2.75) is 13.3 Å². The Kier molecular flexibility index (Phi) is 5.80. The van der Waals surface area contributed by atoms with Gasteiger partial charge in [-0.1, -0.05) is 23.7 Å². The highest BCUT2D eigenvalue weighted by atomic mass is 35.5. The number of para-hydroxylation sites is 1. The van der Waals surface area contributed by atoms with Crippen LogP contribution in [0.15, 0.2) is 24.3 Å². The van der Waals surface area contributed by atoms with Crippen LogP contribution in [0, 0.1) is 0 Å². The smallest absolute Gasteiger partial charge is 0.224 e. The summed E-state index contributed by atoms with van der Waals surface area (Å²) in [6.07, 6.45) is 0.314. The Morgan fingerprint density at radius 2 is 1.82 bits per heavy atom. The Labute approximate surface area is 136 Å². The standard InChI is InChI=1S/C16H22ClN3O2/c1-13(21)20(15-6-4-3-5-14(15)17)8-7-16(22)19-11-9-18(2)10-12-19/h3-6H,7-12H2,1-2H3. The molecule has 0 bridgehead atoms. The van der Waals surface area contributed by atoms with Crippen LogP contribution in [0.25, 0.3) is 0 Å². The van der Waals surface area contributed by atoms with E-state index in [0.717, 1.165) is 26.2 Å². The molecule has 0 N–H and O–H groups in total. The van der Waals surface area contributed by atoms with Gasteiger partial charge in [-0.15, -0.1) is 0 Å². The molecule has 0 atom stereocenters. The molecule has 1 aliphatic rings. The van der Waals surface area contributed by atoms with Gasteiger partial charge in [-0.3, -0.25) is 9.59 Å². The van der Waals surface area contributed by atoms with Crippen LogP contribution in [-0.4, -0.2) is 61.4 Å². The van der Waals surface area contributed by atoms with Gasteiger partial charge in [0.1, 0.15) is 0 Å². The summed E-state index contributed by atoms with van der Waals surface area (Å²) >= 11 is 6.15. The van der Waals surface area contributed by atoms with Crippen molar-refractivity contribution in [1.29, 1.82) is 0 Å². The SMILES string of the molecule is CC(=O)N(CCC(=O)N1CCN(C)CC1)c1ccccc1Cl. The zero-order valence-electron chi connectivity index (χ0n) is 13.1. The van der Waals surface area contributed by atoms with Crippen LogP contribution < -0.4 is 4.90 Å². The van der Waals surface area contributed by atoms with Crippen LogP contribution in [0.5, 0.6) is 0 Å². The van der Waals surface area contributed by atoms with Crippen LogP contribution in [0.4, 0.5) is 5.69 Å². The third-order valence-electron chi connectivity index (χ3n) is 3.93. The molecule has 1 saturated heterocycles. The molecule has 0 aliphatic carbocycles. The van der Waals surface area contributed by atoms with Crippen LogP contribution in [0.3, 0.4) is 0 Å². The molecule has 1 aromatic rings. The van der Waals surface area contributed by atoms with Crippen LogP contribution >= 0.6 is 11.6 Å². The maximum Gasteiger partial charge on any atom is 0.224 e. The maximum atomic E-state index is 12.3. The summed E-state index contributed by atoms with van der Waals surface area (Å²) in [4.78, 5) is 29.8. The molecular weight excluding hydrogens is 302 g/mol. The number of hydrogen-bond donors (Lipinski definition) is 0. The van der Waals surface area contributed by atoms with Gasteiger partial charge in [-0.2, -0.15) is 0 Å². The molecule has 2 amide bonds. The van der Waals surface area contributed by atoms with Gasteiger partial charge < -0.3 is 14.7 Å². The van der Waals surface area contributed by atoms with Gasteiger partial charge in [0, 0.05) is 46.1 Å². The summed E-state index contributed by atoms with van der Waals surface area (Å²) in [5.74, 6) is -0.0225. The molecule has 0 radical (unpaired) electrons. The molecule has 0 saturated carbocycles. The number of hydrogen-bond acceptors (Lipinski definition) is 3. The quantitative estimate of drug-likeness (QED) is 0.849. The summed E-state index contributed by atoms with van der Waals surface area (Å²) < 4.78 is 0. The Hall–Kier alpha value is -1.59. The van der Waals surface area contributed by atoms with Crippen LogP contribution in [0.2, 0.25) is 5.02 Å². The molecule has 22 heavy (non-hydrogen) atoms. The molecule has 1 aromatic carbocycles. The second-order valence-corrected chi connectivity index (χ2v) is 5.96. The minimum Gasteiger partial charge on any atom is -0.340 e. The predicted molar refractivity (Wildman–Crippen MR) is 88.2 cm³/mol. The summed E-state index contributed by atoms with van der Waals surface area (Å²) in [6, 6.07) is 7.19. The van der Waals surface area contributed by atoms with Crippen molar-refractivity contribution in [3.63, 3.8) is 0 Å². The van der Waals surface area contributed by atoms with Crippen molar-refractivity contribution in [2.75, 3.05) is 44.7 Å². The topological polar surface area (TPSA) is 43.9 Å². The molecule has 1 aliphatic heterocycles. The summed E-state index contributed by atoms with van der Waals surface area (Å²) in [5.41, 5.74) is 0.655. The first-order valence-electron chi connectivity index (χ1n) is 7.48. The second kappa shape index (κ2) is 7.61. The number of carbonyl (C=O) groups is 2. The van der Waals surface area contributed by atoms with Gasteiger partial charge >= 0.3 is 0 Å². The average molecular weight is 324 g/mol. The van der Waals surface area contributed by atoms with Gasteiger partial charge in [-0.05, 0) is 19.2 Å². The number of carbonyl (C=O) groups excluding carboxylic acids is 2. The van der Waals surface area contributed by atoms with Gasteiger partial charge in [-0.25, -0.2) is 0 Å². The maximum absolute atomic E-state index is 12.3. The average Bonchev–Trinajstić information content (AvgIpc) is 2.49. The zero-order chi connectivity index (χ0) is 16.1. The van der Waals surface area contributed by atoms with Gasteiger partial charge in [0.15, 0.2) is 0 Å². The van der Waals surface area contributed by atoms with E-state index in [1.165, 1.54) is 6.92 Å². The van der Waals surface area contributed by atoms with Crippen LogP contribution in [-0.2, 0) is 9.59 Å². The third-order valence-corrected chi connectivity index (χ3v) is 4.25. The highest BCUT2D eigenvalue weighted by Gasteiger charge is 2.21. The fourth-order valence-electron chi connectivity index (χ4n) is 2.54. The minimum absolute atomic E-state index is 0.0893. The lowest BCUT2D eigenvalue weighted by molar-refractivity contribution is -0.132. The Morgan fingerprint density at radius 3 is 2.41 bits per heavy atom. The fraction of sp³-hybridized carbons (Fsp3) is 0.500. The molecule has 0 spiro atoms. The molecule has 120 valence electrons. The molecular formula is C16H22ClN3O2. The summed E-state index contributed by atoms with van der Waals surface area (Å²) in [5, 5.41) is 0.518. The van der Waals surface area contributed by atoms with E-state index in [4.69, 9.17) is 11.6 Å². The Balaban J connectivity index is 1.96. The van der Waals surface area contributed by atoms with Crippen molar-refractivity contribution in [1.82, 2.24) is 9.80 Å². The van der Waals surface area contributed by atoms with Crippen molar-refractivity contribution >= 4 is 29.1 Å². The van der Waals surface area contributed by atoms with E-state index in [9.17, 15) is 9.59 Å². The van der Waals surface area contributed by atoms with E-state index < -0.39 is 0 Å². The Morgan fingerprint density at radius 1 is 1.18 bits per heavy atom. The number of piperazine rings is 1. The molecule has 6 heteroatoms. The van der Waals surface area contributed by atoms with E-state index in [2.05, 4.69) is 11.9 Å². The number of halogens is 1. The molecule has 5 nitrogen and oxygen atoms in total. The zero-order valence-corrected chi connectivity index (χ0v) is 13.8. The van der Waals surface area contributed by atoms with Crippen molar-refractivity contribution in [3.8, 4) is 0 Å². The molecule has 0 aromatic heterocycles. The normalized spacial score (nSPS) is 15.7. The molecule has 0 unspecified atom stereocenters. The summed E-state index contributed by atoms with van der Waals surface area (Å²) in [6.45, 7) is 5.14. The highest BCUT2D eigenvalue weighted by molar-refractivity contribution is 6.33. The lowest BCUT2D eigenvalue weighted by Crippen LogP contribution is -2.47. The van der Waals surface area contributed by atoms with E-state index in [1.54, 1.807) is 17.0 Å².